The van der Waals surface area contributed by atoms with E-state index < -0.39 is 5.41 Å². The van der Waals surface area contributed by atoms with Crippen LogP contribution in [-0.2, 0) is 17.8 Å². The monoisotopic (exact) mass is 323 g/mol. The van der Waals surface area contributed by atoms with Crippen molar-refractivity contribution in [2.45, 2.75) is 52.5 Å². The number of Topliss-reactive ketones (excluding diaryl/α,β-unsaturated/α-hetero) is 1. The summed E-state index contributed by atoms with van der Waals surface area (Å²) in [5, 5.41) is 14.0. The molecular weight excluding hydrogens is 306 g/mol. The fraction of sp³-hybridized carbons (Fsp3) is 0.643. The van der Waals surface area contributed by atoms with E-state index in [1.807, 2.05) is 18.5 Å². The van der Waals surface area contributed by atoms with Gasteiger partial charge in [0, 0.05) is 19.4 Å². The lowest BCUT2D eigenvalue weighted by molar-refractivity contribution is -0.128. The molecule has 102 valence electrons. The Hall–Kier alpha value is -1.15. The summed E-state index contributed by atoms with van der Waals surface area (Å²) in [5.74, 6) is 0.0923. The van der Waals surface area contributed by atoms with Crippen LogP contribution in [0.3, 0.4) is 0 Å². The van der Waals surface area contributed by atoms with Crippen LogP contribution in [0.1, 0.15) is 44.0 Å². The average molecular weight is 324 g/mol. The molecule has 1 heterocycles. The van der Waals surface area contributed by atoms with Crippen LogP contribution in [0.5, 0.6) is 0 Å². The van der Waals surface area contributed by atoms with Crippen molar-refractivity contribution in [3.05, 3.63) is 15.9 Å². The molecule has 0 bridgehead atoms. The number of hydrogen-bond donors (Lipinski definition) is 0. The average Bonchev–Trinajstić information content (AvgIpc) is 2.69. The third kappa shape index (κ3) is 2.46. The molecule has 1 saturated carbocycles. The van der Waals surface area contributed by atoms with E-state index in [1.165, 1.54) is 0 Å². The van der Waals surface area contributed by atoms with Crippen molar-refractivity contribution in [3.8, 4) is 6.07 Å². The molecule has 2 rings (SSSR count). The second kappa shape index (κ2) is 5.46. The summed E-state index contributed by atoms with van der Waals surface area (Å²) in [4.78, 5) is 12.2. The maximum Gasteiger partial charge on any atom is 0.153 e. The Balaban J connectivity index is 2.38. The fourth-order valence-corrected chi connectivity index (χ4v) is 3.18. The minimum absolute atomic E-state index is 0.0923. The lowest BCUT2D eigenvalue weighted by atomic mass is 9.71. The Kier molecular flexibility index (Phi) is 4.10. The molecule has 0 N–H and O–H groups in total. The summed E-state index contributed by atoms with van der Waals surface area (Å²) >= 11 is 3.54. The standard InChI is InChI=1S/C14H18BrN3O/c1-3-18-11(13(15)10(2)17-18)8-14(9-16)7-5-4-6-12(14)19/h3-8H2,1-2H3. The van der Waals surface area contributed by atoms with Gasteiger partial charge < -0.3 is 0 Å². The lowest BCUT2D eigenvalue weighted by Crippen LogP contribution is -2.35. The first-order valence-electron chi connectivity index (χ1n) is 6.70. The van der Waals surface area contributed by atoms with Crippen molar-refractivity contribution >= 4 is 21.7 Å². The molecule has 1 fully saturated rings. The normalized spacial score (nSPS) is 23.4. The van der Waals surface area contributed by atoms with E-state index in [9.17, 15) is 10.1 Å². The van der Waals surface area contributed by atoms with E-state index in [0.29, 0.717) is 19.3 Å². The van der Waals surface area contributed by atoms with Crippen molar-refractivity contribution < 1.29 is 4.79 Å². The summed E-state index contributed by atoms with van der Waals surface area (Å²) in [6, 6.07) is 2.29. The van der Waals surface area contributed by atoms with Gasteiger partial charge in [0.05, 0.1) is 21.9 Å². The zero-order valence-electron chi connectivity index (χ0n) is 11.4. The van der Waals surface area contributed by atoms with Crippen LogP contribution >= 0.6 is 15.9 Å². The SMILES string of the molecule is CCn1nc(C)c(Br)c1CC1(C#N)CCCCC1=O. The Morgan fingerprint density at radius 3 is 2.84 bits per heavy atom. The van der Waals surface area contributed by atoms with Gasteiger partial charge in [-0.05, 0) is 42.6 Å². The van der Waals surface area contributed by atoms with Gasteiger partial charge in [-0.2, -0.15) is 10.4 Å². The highest BCUT2D eigenvalue weighted by Crippen LogP contribution is 2.38. The van der Waals surface area contributed by atoms with Gasteiger partial charge in [0.1, 0.15) is 5.41 Å². The van der Waals surface area contributed by atoms with Gasteiger partial charge in [-0.1, -0.05) is 6.42 Å². The number of ketones is 1. The summed E-state index contributed by atoms with van der Waals surface area (Å²) in [7, 11) is 0. The maximum atomic E-state index is 12.2. The lowest BCUT2D eigenvalue weighted by Gasteiger charge is -2.29. The van der Waals surface area contributed by atoms with Crippen LogP contribution < -0.4 is 0 Å². The third-order valence-corrected chi connectivity index (χ3v) is 4.96. The quantitative estimate of drug-likeness (QED) is 0.858. The number of rotatable bonds is 3. The zero-order valence-corrected chi connectivity index (χ0v) is 13.0. The van der Waals surface area contributed by atoms with Gasteiger partial charge in [0.15, 0.2) is 5.78 Å². The third-order valence-electron chi connectivity index (χ3n) is 3.93. The van der Waals surface area contributed by atoms with Gasteiger partial charge in [-0.25, -0.2) is 0 Å². The van der Waals surface area contributed by atoms with E-state index in [2.05, 4.69) is 27.1 Å². The second-order valence-electron chi connectivity index (χ2n) is 5.16. The fourth-order valence-electron chi connectivity index (χ4n) is 2.76. The van der Waals surface area contributed by atoms with Crippen LogP contribution in [-0.4, -0.2) is 15.6 Å². The Bertz CT molecular complexity index is 544. The van der Waals surface area contributed by atoms with Crippen LogP contribution in [0.2, 0.25) is 0 Å². The Morgan fingerprint density at radius 2 is 2.26 bits per heavy atom. The first kappa shape index (κ1) is 14.3. The zero-order chi connectivity index (χ0) is 14.0. The Labute approximate surface area is 121 Å². The Morgan fingerprint density at radius 1 is 1.53 bits per heavy atom. The van der Waals surface area contributed by atoms with Crippen LogP contribution in [0.25, 0.3) is 0 Å². The highest BCUT2D eigenvalue weighted by Gasteiger charge is 2.41. The highest BCUT2D eigenvalue weighted by molar-refractivity contribution is 9.10. The van der Waals surface area contributed by atoms with Gasteiger partial charge in [-0.15, -0.1) is 0 Å². The molecule has 1 aromatic rings. The second-order valence-corrected chi connectivity index (χ2v) is 5.96. The molecule has 1 atom stereocenters. The van der Waals surface area contributed by atoms with Crippen molar-refractivity contribution in [2.24, 2.45) is 5.41 Å². The molecule has 19 heavy (non-hydrogen) atoms. The van der Waals surface area contributed by atoms with Gasteiger partial charge in [0.25, 0.3) is 0 Å². The van der Waals surface area contributed by atoms with E-state index in [0.717, 1.165) is 35.2 Å². The minimum atomic E-state index is -0.847. The summed E-state index contributed by atoms with van der Waals surface area (Å²) in [5.41, 5.74) is 1.03. The molecule has 0 aromatic carbocycles. The van der Waals surface area contributed by atoms with Crippen molar-refractivity contribution in [3.63, 3.8) is 0 Å². The van der Waals surface area contributed by atoms with E-state index >= 15 is 0 Å². The molecule has 1 aromatic heterocycles. The minimum Gasteiger partial charge on any atom is -0.298 e. The smallest absolute Gasteiger partial charge is 0.153 e. The maximum absolute atomic E-state index is 12.2. The topological polar surface area (TPSA) is 58.7 Å². The van der Waals surface area contributed by atoms with Gasteiger partial charge >= 0.3 is 0 Å². The number of nitriles is 1. The molecule has 0 aliphatic heterocycles. The number of carbonyl (C=O) groups is 1. The summed E-state index contributed by atoms with van der Waals surface area (Å²) in [6.07, 6.45) is 3.54. The highest BCUT2D eigenvalue weighted by atomic mass is 79.9. The summed E-state index contributed by atoms with van der Waals surface area (Å²) in [6.45, 7) is 4.70. The largest absolute Gasteiger partial charge is 0.298 e. The van der Waals surface area contributed by atoms with E-state index in [-0.39, 0.29) is 5.78 Å². The van der Waals surface area contributed by atoms with Crippen molar-refractivity contribution in [1.82, 2.24) is 9.78 Å². The predicted molar refractivity (Wildman–Crippen MR) is 75.6 cm³/mol. The van der Waals surface area contributed by atoms with Crippen molar-refractivity contribution in [2.75, 3.05) is 0 Å². The molecule has 5 heteroatoms. The molecule has 0 spiro atoms. The number of aromatic nitrogens is 2. The molecule has 0 amide bonds. The van der Waals surface area contributed by atoms with E-state index in [4.69, 9.17) is 0 Å². The number of carbonyl (C=O) groups excluding carboxylic acids is 1. The van der Waals surface area contributed by atoms with Crippen LogP contribution in [0, 0.1) is 23.7 Å². The number of aryl methyl sites for hydroxylation is 2. The van der Waals surface area contributed by atoms with Crippen molar-refractivity contribution in [1.29, 1.82) is 5.26 Å². The molecule has 1 aliphatic rings. The number of nitrogens with zero attached hydrogens (tertiary/aromatic N) is 3. The molecular formula is C14H18BrN3O. The van der Waals surface area contributed by atoms with Gasteiger partial charge in [0.2, 0.25) is 0 Å². The summed E-state index contributed by atoms with van der Waals surface area (Å²) < 4.78 is 2.82. The molecule has 1 aliphatic carbocycles. The van der Waals surface area contributed by atoms with Crippen LogP contribution in [0.15, 0.2) is 4.47 Å². The molecule has 4 nitrogen and oxygen atoms in total. The molecule has 0 radical (unpaired) electrons. The predicted octanol–water partition coefficient (Wildman–Crippen LogP) is 3.17. The molecule has 0 saturated heterocycles. The van der Waals surface area contributed by atoms with E-state index in [1.54, 1.807) is 0 Å². The van der Waals surface area contributed by atoms with Crippen LogP contribution in [0.4, 0.5) is 0 Å². The van der Waals surface area contributed by atoms with Gasteiger partial charge in [-0.3, -0.25) is 9.48 Å². The first-order valence-corrected chi connectivity index (χ1v) is 7.49. The number of hydrogen-bond acceptors (Lipinski definition) is 3. The first-order chi connectivity index (χ1) is 9.04. The molecule has 1 unspecified atom stereocenters. The number of halogens is 1.